The number of hydrogen-bond donors (Lipinski definition) is 0. The molecule has 0 aliphatic heterocycles. The zero-order valence-electron chi connectivity index (χ0n) is 15.5. The lowest BCUT2D eigenvalue weighted by Crippen LogP contribution is -2.06. The molecule has 0 aliphatic carbocycles. The van der Waals surface area contributed by atoms with Crippen molar-refractivity contribution in [2.24, 2.45) is 0 Å². The Bertz CT molecular complexity index is 1090. The third-order valence-corrected chi connectivity index (χ3v) is 4.19. The van der Waals surface area contributed by atoms with Crippen LogP contribution in [0.25, 0.3) is 11.3 Å². The van der Waals surface area contributed by atoms with Crippen molar-refractivity contribution in [3.63, 3.8) is 0 Å². The molecule has 0 radical (unpaired) electrons. The molecule has 3 aromatic rings. The Labute approximate surface area is 166 Å². The number of pyridine rings is 1. The van der Waals surface area contributed by atoms with Crippen LogP contribution in [-0.4, -0.2) is 18.1 Å². The van der Waals surface area contributed by atoms with Crippen molar-refractivity contribution in [2.75, 3.05) is 7.11 Å². The number of aromatic nitrogens is 1. The molecular formula is C22H16F2N2O3. The van der Waals surface area contributed by atoms with Crippen molar-refractivity contribution in [1.29, 1.82) is 5.26 Å². The van der Waals surface area contributed by atoms with Gasteiger partial charge in [-0.25, -0.2) is 13.8 Å². The van der Waals surface area contributed by atoms with Crippen LogP contribution < -0.4 is 4.74 Å². The smallest absolute Gasteiger partial charge is 0.310 e. The maximum absolute atomic E-state index is 14.3. The number of nitrogens with zero attached hydrogens (tertiary/aromatic N) is 2. The van der Waals surface area contributed by atoms with E-state index in [4.69, 9.17) is 10.00 Å². The number of benzene rings is 2. The summed E-state index contributed by atoms with van der Waals surface area (Å²) < 4.78 is 38.3. The number of nitriles is 1. The number of esters is 1. The van der Waals surface area contributed by atoms with Crippen LogP contribution in [0.3, 0.4) is 0 Å². The van der Waals surface area contributed by atoms with Crippen molar-refractivity contribution < 1.29 is 23.0 Å². The molecule has 0 amide bonds. The van der Waals surface area contributed by atoms with Crippen LogP contribution in [-0.2, 0) is 22.6 Å². The first-order chi connectivity index (χ1) is 14.0. The highest BCUT2D eigenvalue weighted by molar-refractivity contribution is 5.73. The van der Waals surface area contributed by atoms with Crippen LogP contribution in [0.4, 0.5) is 8.78 Å². The van der Waals surface area contributed by atoms with Crippen molar-refractivity contribution in [2.45, 2.75) is 13.0 Å². The maximum Gasteiger partial charge on any atom is 0.310 e. The monoisotopic (exact) mass is 394 g/mol. The van der Waals surface area contributed by atoms with Gasteiger partial charge in [0.2, 0.25) is 5.88 Å². The second-order valence-electron chi connectivity index (χ2n) is 6.13. The van der Waals surface area contributed by atoms with Gasteiger partial charge < -0.3 is 9.47 Å². The summed E-state index contributed by atoms with van der Waals surface area (Å²) in [5.74, 6) is -1.37. The zero-order valence-corrected chi connectivity index (χ0v) is 15.5. The standard InChI is InChI=1S/C22H16F2N2O3/c1-28-22(27)11-15-7-8-16(10-19(15)24)20-3-2-4-21(26-20)29-13-17-6-5-14(12-25)9-18(17)23/h2-10H,11,13H2,1H3. The Kier molecular flexibility index (Phi) is 6.15. The zero-order chi connectivity index (χ0) is 20.8. The van der Waals surface area contributed by atoms with E-state index in [1.165, 1.54) is 31.4 Å². The SMILES string of the molecule is COC(=O)Cc1ccc(-c2cccc(OCc3ccc(C#N)cc3F)n2)cc1F. The molecule has 5 nitrogen and oxygen atoms in total. The molecule has 0 saturated heterocycles. The fourth-order valence-corrected chi connectivity index (χ4v) is 2.62. The number of carbonyl (C=O) groups excluding carboxylic acids is 1. The van der Waals surface area contributed by atoms with Gasteiger partial charge >= 0.3 is 5.97 Å². The van der Waals surface area contributed by atoms with E-state index >= 15 is 0 Å². The Hall–Kier alpha value is -3.79. The van der Waals surface area contributed by atoms with Crippen molar-refractivity contribution in [3.05, 3.63) is 82.9 Å². The third kappa shape index (κ3) is 4.93. The van der Waals surface area contributed by atoms with Crippen LogP contribution in [0.2, 0.25) is 0 Å². The molecule has 0 saturated carbocycles. The van der Waals surface area contributed by atoms with Gasteiger partial charge in [-0.05, 0) is 29.8 Å². The second-order valence-corrected chi connectivity index (χ2v) is 6.13. The summed E-state index contributed by atoms with van der Waals surface area (Å²) in [6, 6.07) is 15.4. The second kappa shape index (κ2) is 8.93. The number of halogens is 2. The highest BCUT2D eigenvalue weighted by Gasteiger charge is 2.11. The summed E-state index contributed by atoms with van der Waals surface area (Å²) >= 11 is 0. The van der Waals surface area contributed by atoms with Gasteiger partial charge in [-0.3, -0.25) is 4.79 Å². The average Bonchev–Trinajstić information content (AvgIpc) is 2.74. The Morgan fingerprint density at radius 3 is 2.52 bits per heavy atom. The topological polar surface area (TPSA) is 72.2 Å². The van der Waals surface area contributed by atoms with Gasteiger partial charge in [0, 0.05) is 17.2 Å². The number of rotatable bonds is 6. The minimum absolute atomic E-state index is 0.0690. The van der Waals surface area contributed by atoms with Gasteiger partial charge in [-0.2, -0.15) is 5.26 Å². The normalized spacial score (nSPS) is 10.3. The largest absolute Gasteiger partial charge is 0.473 e. The predicted molar refractivity (Wildman–Crippen MR) is 101 cm³/mol. The summed E-state index contributed by atoms with van der Waals surface area (Å²) in [7, 11) is 1.24. The minimum Gasteiger partial charge on any atom is -0.473 e. The van der Waals surface area contributed by atoms with E-state index in [9.17, 15) is 13.6 Å². The quantitative estimate of drug-likeness (QED) is 0.586. The van der Waals surface area contributed by atoms with E-state index < -0.39 is 17.6 Å². The van der Waals surface area contributed by atoms with Gasteiger partial charge in [0.05, 0.1) is 30.9 Å². The fraction of sp³-hybridized carbons (Fsp3) is 0.136. The van der Waals surface area contributed by atoms with Crippen LogP contribution in [0.5, 0.6) is 5.88 Å². The summed E-state index contributed by atoms with van der Waals surface area (Å²) in [5.41, 5.74) is 1.71. The van der Waals surface area contributed by atoms with Crippen molar-refractivity contribution in [3.8, 4) is 23.2 Å². The van der Waals surface area contributed by atoms with Crippen LogP contribution in [0.1, 0.15) is 16.7 Å². The van der Waals surface area contributed by atoms with Gasteiger partial charge in [0.1, 0.15) is 18.2 Å². The van der Waals surface area contributed by atoms with Gasteiger partial charge in [-0.1, -0.05) is 24.3 Å². The Morgan fingerprint density at radius 1 is 1.07 bits per heavy atom. The molecule has 0 unspecified atom stereocenters. The number of ether oxygens (including phenoxy) is 2. The first-order valence-electron chi connectivity index (χ1n) is 8.64. The van der Waals surface area contributed by atoms with Gasteiger partial charge in [0.15, 0.2) is 0 Å². The summed E-state index contributed by atoms with van der Waals surface area (Å²) in [4.78, 5) is 15.6. The summed E-state index contributed by atoms with van der Waals surface area (Å²) in [6.07, 6.45) is -0.157. The molecular weight excluding hydrogens is 378 g/mol. The van der Waals surface area contributed by atoms with Crippen LogP contribution >= 0.6 is 0 Å². The molecule has 2 aromatic carbocycles. The van der Waals surface area contributed by atoms with E-state index in [2.05, 4.69) is 9.72 Å². The Morgan fingerprint density at radius 2 is 1.83 bits per heavy atom. The molecule has 1 heterocycles. The van der Waals surface area contributed by atoms with E-state index in [0.717, 1.165) is 6.07 Å². The van der Waals surface area contributed by atoms with E-state index in [1.807, 2.05) is 6.07 Å². The summed E-state index contributed by atoms with van der Waals surface area (Å²) in [5, 5.41) is 8.78. The number of hydrogen-bond acceptors (Lipinski definition) is 5. The van der Waals surface area contributed by atoms with Crippen molar-refractivity contribution >= 4 is 5.97 Å². The molecule has 3 rings (SSSR count). The highest BCUT2D eigenvalue weighted by atomic mass is 19.1. The first-order valence-corrected chi connectivity index (χ1v) is 8.64. The molecule has 0 N–H and O–H groups in total. The van der Waals surface area contributed by atoms with Crippen LogP contribution in [0, 0.1) is 23.0 Å². The van der Waals surface area contributed by atoms with Crippen LogP contribution in [0.15, 0.2) is 54.6 Å². The highest BCUT2D eigenvalue weighted by Crippen LogP contribution is 2.23. The maximum atomic E-state index is 14.3. The lowest BCUT2D eigenvalue weighted by Gasteiger charge is -2.09. The van der Waals surface area contributed by atoms with Crippen molar-refractivity contribution in [1.82, 2.24) is 4.98 Å². The first kappa shape index (κ1) is 20.0. The third-order valence-electron chi connectivity index (χ3n) is 4.19. The summed E-state index contributed by atoms with van der Waals surface area (Å²) in [6.45, 7) is -0.0690. The molecule has 0 atom stereocenters. The number of carbonyl (C=O) groups is 1. The molecule has 0 bridgehead atoms. The average molecular weight is 394 g/mol. The molecule has 0 spiro atoms. The fourth-order valence-electron chi connectivity index (χ4n) is 2.62. The van der Waals surface area contributed by atoms with Gasteiger partial charge in [-0.15, -0.1) is 0 Å². The predicted octanol–water partition coefficient (Wildman–Crippen LogP) is 4.19. The number of methoxy groups -OCH3 is 1. The van der Waals surface area contributed by atoms with E-state index in [1.54, 1.807) is 24.3 Å². The molecule has 1 aromatic heterocycles. The molecule has 29 heavy (non-hydrogen) atoms. The molecule has 146 valence electrons. The minimum atomic E-state index is -0.541. The lowest BCUT2D eigenvalue weighted by atomic mass is 10.1. The van der Waals surface area contributed by atoms with E-state index in [-0.39, 0.29) is 35.6 Å². The van der Waals surface area contributed by atoms with Gasteiger partial charge in [0.25, 0.3) is 0 Å². The molecule has 0 fully saturated rings. The van der Waals surface area contributed by atoms with E-state index in [0.29, 0.717) is 11.3 Å². The molecule has 0 aliphatic rings. The lowest BCUT2D eigenvalue weighted by molar-refractivity contribution is -0.139. The Balaban J connectivity index is 1.75. The molecule has 7 heteroatoms.